The van der Waals surface area contributed by atoms with Crippen molar-refractivity contribution in [3.05, 3.63) is 39.3 Å². The van der Waals surface area contributed by atoms with Crippen LogP contribution in [0.2, 0.25) is 0 Å². The minimum absolute atomic E-state index is 0.0609. The molecule has 0 spiro atoms. The summed E-state index contributed by atoms with van der Waals surface area (Å²) in [4.78, 5) is 20.6. The van der Waals surface area contributed by atoms with Gasteiger partial charge in [0.2, 0.25) is 0 Å². The van der Waals surface area contributed by atoms with Gasteiger partial charge in [-0.3, -0.25) is 10.2 Å². The van der Waals surface area contributed by atoms with E-state index in [2.05, 4.69) is 31.2 Å². The number of carbonyl (C=O) groups excluding carboxylic acids is 1. The number of aryl methyl sites for hydroxylation is 1. The third-order valence-electron chi connectivity index (χ3n) is 3.74. The summed E-state index contributed by atoms with van der Waals surface area (Å²) < 4.78 is 30.7. The van der Waals surface area contributed by atoms with Crippen LogP contribution in [0.3, 0.4) is 0 Å². The van der Waals surface area contributed by atoms with Crippen LogP contribution >= 0.6 is 27.3 Å². The van der Waals surface area contributed by atoms with Crippen molar-refractivity contribution in [3.63, 3.8) is 0 Å². The highest BCUT2D eigenvalue weighted by atomic mass is 79.9. The van der Waals surface area contributed by atoms with Crippen molar-refractivity contribution in [1.29, 1.82) is 0 Å². The maximum absolute atomic E-state index is 12.3. The summed E-state index contributed by atoms with van der Waals surface area (Å²) in [5, 5.41) is 2.31. The summed E-state index contributed by atoms with van der Waals surface area (Å²) in [6.07, 6.45) is 0. The molecular weight excluding hydrogens is 444 g/mol. The number of rotatable bonds is 5. The van der Waals surface area contributed by atoms with E-state index in [1.54, 1.807) is 18.4 Å². The molecule has 0 aliphatic carbocycles. The molecule has 3 rings (SSSR count). The Labute approximate surface area is 163 Å². The minimum Gasteiger partial charge on any atom is -0.378 e. The molecule has 1 amide bonds. The molecule has 0 atom stereocenters. The molecule has 1 saturated heterocycles. The first-order valence-corrected chi connectivity index (χ1v) is 10.9. The predicted molar refractivity (Wildman–Crippen MR) is 102 cm³/mol. The van der Waals surface area contributed by atoms with Gasteiger partial charge in [-0.1, -0.05) is 15.9 Å². The lowest BCUT2D eigenvalue weighted by Crippen LogP contribution is -2.41. The monoisotopic (exact) mass is 460 g/mol. The Kier molecular flexibility index (Phi) is 5.92. The number of thiazole rings is 1. The van der Waals surface area contributed by atoms with E-state index in [1.807, 2.05) is 4.90 Å². The van der Waals surface area contributed by atoms with Crippen LogP contribution in [-0.4, -0.2) is 45.6 Å². The zero-order valence-corrected chi connectivity index (χ0v) is 17.1. The summed E-state index contributed by atoms with van der Waals surface area (Å²) >= 11 is 4.65. The summed E-state index contributed by atoms with van der Waals surface area (Å²) in [5.74, 6) is -0.613. The molecular formula is C15H17BrN4O4S2. The Morgan fingerprint density at radius 2 is 2.08 bits per heavy atom. The van der Waals surface area contributed by atoms with Gasteiger partial charge in [-0.15, -0.1) is 16.2 Å². The van der Waals surface area contributed by atoms with E-state index in [-0.39, 0.29) is 10.6 Å². The van der Waals surface area contributed by atoms with E-state index >= 15 is 0 Å². The summed E-state index contributed by atoms with van der Waals surface area (Å²) in [6.45, 7) is 4.44. The Bertz CT molecular complexity index is 910. The number of nitrogens with zero attached hydrogens (tertiary/aromatic N) is 2. The number of morpholine rings is 1. The van der Waals surface area contributed by atoms with Crippen molar-refractivity contribution >= 4 is 48.3 Å². The van der Waals surface area contributed by atoms with Crippen LogP contribution in [0.5, 0.6) is 0 Å². The zero-order chi connectivity index (χ0) is 18.7. The Hall–Kier alpha value is -1.53. The molecule has 1 aromatic carbocycles. The second-order valence-corrected chi connectivity index (χ2v) is 8.96. The lowest BCUT2D eigenvalue weighted by molar-refractivity contribution is 0.0940. The van der Waals surface area contributed by atoms with Crippen LogP contribution in [0, 0.1) is 6.92 Å². The number of hydrazine groups is 1. The molecule has 0 unspecified atom stereocenters. The van der Waals surface area contributed by atoms with Crippen LogP contribution in [0.4, 0.5) is 5.13 Å². The minimum atomic E-state index is -3.87. The number of hydrogen-bond donors (Lipinski definition) is 2. The van der Waals surface area contributed by atoms with Crippen LogP contribution in [0.25, 0.3) is 0 Å². The van der Waals surface area contributed by atoms with Crippen molar-refractivity contribution in [2.24, 2.45) is 0 Å². The second kappa shape index (κ2) is 8.01. The largest absolute Gasteiger partial charge is 0.378 e. The average molecular weight is 461 g/mol. The maximum Gasteiger partial charge on any atom is 0.285 e. The topological polar surface area (TPSA) is 101 Å². The van der Waals surface area contributed by atoms with Gasteiger partial charge in [0, 0.05) is 22.9 Å². The summed E-state index contributed by atoms with van der Waals surface area (Å²) in [5.41, 5.74) is 3.13. The molecule has 8 nitrogen and oxygen atoms in total. The van der Waals surface area contributed by atoms with Crippen LogP contribution in [-0.2, 0) is 14.8 Å². The Morgan fingerprint density at radius 3 is 2.77 bits per heavy atom. The second-order valence-electron chi connectivity index (χ2n) is 5.59. The number of halogens is 1. The smallest absolute Gasteiger partial charge is 0.285 e. The van der Waals surface area contributed by atoms with Crippen LogP contribution in [0.15, 0.2) is 32.9 Å². The highest BCUT2D eigenvalue weighted by molar-refractivity contribution is 9.10. The summed E-state index contributed by atoms with van der Waals surface area (Å²) in [7, 11) is -3.87. The summed E-state index contributed by atoms with van der Waals surface area (Å²) in [6, 6.07) is 4.60. The predicted octanol–water partition coefficient (Wildman–Crippen LogP) is 1.67. The van der Waals surface area contributed by atoms with Gasteiger partial charge >= 0.3 is 0 Å². The van der Waals surface area contributed by atoms with E-state index in [1.165, 1.54) is 23.5 Å². The first-order valence-electron chi connectivity index (χ1n) is 7.73. The number of ether oxygens (including phenoxy) is 1. The molecule has 0 radical (unpaired) electrons. The Balaban J connectivity index is 1.64. The quantitative estimate of drug-likeness (QED) is 0.658. The molecule has 11 heteroatoms. The number of benzene rings is 1. The van der Waals surface area contributed by atoms with Gasteiger partial charge < -0.3 is 9.64 Å². The van der Waals surface area contributed by atoms with Crippen LogP contribution < -0.4 is 15.2 Å². The van der Waals surface area contributed by atoms with Crippen molar-refractivity contribution in [2.45, 2.75) is 11.8 Å². The maximum atomic E-state index is 12.3. The van der Waals surface area contributed by atoms with Crippen molar-refractivity contribution in [1.82, 2.24) is 15.2 Å². The van der Waals surface area contributed by atoms with E-state index in [0.29, 0.717) is 31.4 Å². The third-order valence-corrected chi connectivity index (χ3v) is 6.78. The van der Waals surface area contributed by atoms with Gasteiger partial charge in [0.05, 0.1) is 18.1 Å². The number of nitrogens with one attached hydrogen (secondary N) is 2. The number of carbonyl (C=O) groups is 1. The molecule has 0 saturated carbocycles. The molecule has 26 heavy (non-hydrogen) atoms. The van der Waals surface area contributed by atoms with Crippen LogP contribution in [0.1, 0.15) is 16.1 Å². The molecule has 1 fully saturated rings. The molecule has 140 valence electrons. The number of amides is 1. The third kappa shape index (κ3) is 4.41. The Morgan fingerprint density at radius 1 is 1.35 bits per heavy atom. The molecule has 0 bridgehead atoms. The molecule has 1 aliphatic heterocycles. The van der Waals surface area contributed by atoms with Gasteiger partial charge in [0.15, 0.2) is 5.13 Å². The van der Waals surface area contributed by atoms with E-state index in [9.17, 15) is 13.2 Å². The number of aromatic nitrogens is 1. The van der Waals surface area contributed by atoms with E-state index < -0.39 is 15.9 Å². The fraction of sp³-hybridized carbons (Fsp3) is 0.333. The molecule has 2 aromatic rings. The number of hydrogen-bond acceptors (Lipinski definition) is 7. The molecule has 2 heterocycles. The standard InChI is InChI=1S/C15H17BrN4O4S2/c1-10-8-11(2-3-12(10)16)26(22,23)19-18-14(21)13-9-25-15(17-13)20-4-6-24-7-5-20/h2-3,8-9,19H,4-7H2,1H3,(H,18,21). The lowest BCUT2D eigenvalue weighted by atomic mass is 10.2. The van der Waals surface area contributed by atoms with E-state index in [0.717, 1.165) is 10.0 Å². The highest BCUT2D eigenvalue weighted by Gasteiger charge is 2.20. The lowest BCUT2D eigenvalue weighted by Gasteiger charge is -2.25. The van der Waals surface area contributed by atoms with Crippen molar-refractivity contribution in [3.8, 4) is 0 Å². The number of sulfonamides is 1. The van der Waals surface area contributed by atoms with Crippen molar-refractivity contribution in [2.75, 3.05) is 31.2 Å². The van der Waals surface area contributed by atoms with Gasteiger partial charge in [-0.2, -0.15) is 0 Å². The van der Waals surface area contributed by atoms with E-state index in [4.69, 9.17) is 4.74 Å². The normalized spacial score (nSPS) is 15.1. The first-order chi connectivity index (χ1) is 12.4. The van der Waals surface area contributed by atoms with Gasteiger partial charge in [-0.05, 0) is 30.7 Å². The number of anilines is 1. The SMILES string of the molecule is Cc1cc(S(=O)(=O)NNC(=O)c2csc(N3CCOCC3)n2)ccc1Br. The average Bonchev–Trinajstić information content (AvgIpc) is 3.13. The fourth-order valence-corrected chi connectivity index (χ4v) is 4.32. The van der Waals surface area contributed by atoms with Gasteiger partial charge in [-0.25, -0.2) is 13.4 Å². The first kappa shape index (κ1) is 19.2. The highest BCUT2D eigenvalue weighted by Crippen LogP contribution is 2.22. The van der Waals surface area contributed by atoms with Crippen molar-refractivity contribution < 1.29 is 17.9 Å². The van der Waals surface area contributed by atoms with Gasteiger partial charge in [0.25, 0.3) is 15.9 Å². The van der Waals surface area contributed by atoms with Gasteiger partial charge in [0.1, 0.15) is 5.69 Å². The fourth-order valence-electron chi connectivity index (χ4n) is 2.29. The zero-order valence-electron chi connectivity index (χ0n) is 13.9. The molecule has 1 aliphatic rings. The molecule has 2 N–H and O–H groups in total. The molecule has 1 aromatic heterocycles.